The Balaban J connectivity index is 2.59. The van der Waals surface area contributed by atoms with E-state index in [4.69, 9.17) is 13.9 Å². The van der Waals surface area contributed by atoms with Crippen molar-refractivity contribution in [3.8, 4) is 0 Å². The maximum Gasteiger partial charge on any atom is 0.338 e. The van der Waals surface area contributed by atoms with Crippen molar-refractivity contribution in [3.63, 3.8) is 0 Å². The molecule has 3 atom stereocenters. The predicted molar refractivity (Wildman–Crippen MR) is 83.1 cm³/mol. The summed E-state index contributed by atoms with van der Waals surface area (Å²) < 4.78 is 15.4. The molecule has 0 saturated heterocycles. The van der Waals surface area contributed by atoms with Crippen LogP contribution in [0.1, 0.15) is 38.9 Å². The van der Waals surface area contributed by atoms with Gasteiger partial charge in [-0.25, -0.2) is 4.79 Å². The van der Waals surface area contributed by atoms with E-state index in [9.17, 15) is 19.8 Å². The summed E-state index contributed by atoms with van der Waals surface area (Å²) in [6.07, 6.45) is 1.13. The molecule has 1 aliphatic rings. The van der Waals surface area contributed by atoms with Crippen LogP contribution in [0, 0.1) is 5.92 Å². The van der Waals surface area contributed by atoms with Crippen LogP contribution >= 0.6 is 0 Å². The van der Waals surface area contributed by atoms with Gasteiger partial charge in [-0.2, -0.15) is 0 Å². The molecule has 0 spiro atoms. The zero-order valence-corrected chi connectivity index (χ0v) is 13.9. The van der Waals surface area contributed by atoms with Crippen LogP contribution in [0.5, 0.6) is 0 Å². The van der Waals surface area contributed by atoms with E-state index in [1.54, 1.807) is 26.0 Å². The summed E-state index contributed by atoms with van der Waals surface area (Å²) in [7, 11) is 0. The third kappa shape index (κ3) is 3.31. The molecular weight excluding hydrogens is 316 g/mol. The monoisotopic (exact) mass is 338 g/mol. The molecule has 1 heterocycles. The maximum absolute atomic E-state index is 12.5. The summed E-state index contributed by atoms with van der Waals surface area (Å²) in [5.74, 6) is -3.58. The maximum atomic E-state index is 12.5. The molecule has 1 aliphatic carbocycles. The van der Waals surface area contributed by atoms with Gasteiger partial charge in [0.05, 0.1) is 36.6 Å². The van der Waals surface area contributed by atoms with E-state index in [2.05, 4.69) is 0 Å². The second-order valence-corrected chi connectivity index (χ2v) is 5.84. The average Bonchev–Trinajstić information content (AvgIpc) is 2.99. The van der Waals surface area contributed by atoms with Crippen LogP contribution in [0.2, 0.25) is 0 Å². The summed E-state index contributed by atoms with van der Waals surface area (Å²) in [4.78, 5) is 24.8. The highest BCUT2D eigenvalue weighted by atomic mass is 16.5. The molecule has 0 amide bonds. The van der Waals surface area contributed by atoms with Gasteiger partial charge in [-0.05, 0) is 32.9 Å². The molecule has 7 heteroatoms. The first kappa shape index (κ1) is 18.1. The highest BCUT2D eigenvalue weighted by molar-refractivity contribution is 5.93. The van der Waals surface area contributed by atoms with Crippen LogP contribution in [0.15, 0.2) is 34.1 Å². The number of carbonyl (C=O) groups is 2. The van der Waals surface area contributed by atoms with Crippen molar-refractivity contribution in [2.24, 2.45) is 5.92 Å². The van der Waals surface area contributed by atoms with Gasteiger partial charge in [-0.1, -0.05) is 0 Å². The molecule has 0 fully saturated rings. The van der Waals surface area contributed by atoms with Crippen molar-refractivity contribution in [1.82, 2.24) is 0 Å². The Bertz CT molecular complexity index is 627. The molecule has 2 N–H and O–H groups in total. The molecule has 0 saturated carbocycles. The molecule has 0 aromatic carbocycles. The van der Waals surface area contributed by atoms with E-state index in [1.165, 1.54) is 13.2 Å². The first-order valence-corrected chi connectivity index (χ1v) is 7.85. The fraction of sp³-hybridized carbons (Fsp3) is 0.529. The Labute approximate surface area is 139 Å². The summed E-state index contributed by atoms with van der Waals surface area (Å²) in [6.45, 7) is 4.94. The van der Waals surface area contributed by atoms with Crippen molar-refractivity contribution >= 4 is 11.9 Å². The molecule has 0 bridgehead atoms. The number of furan rings is 1. The number of esters is 2. The molecule has 0 aliphatic heterocycles. The van der Waals surface area contributed by atoms with Crippen LogP contribution in [0.4, 0.5) is 0 Å². The highest BCUT2D eigenvalue weighted by Gasteiger charge is 2.53. The van der Waals surface area contributed by atoms with Gasteiger partial charge in [-0.15, -0.1) is 0 Å². The van der Waals surface area contributed by atoms with E-state index in [1.807, 2.05) is 0 Å². The van der Waals surface area contributed by atoms with Crippen molar-refractivity contribution < 1.29 is 33.7 Å². The number of aliphatic hydroxyl groups is 2. The quantitative estimate of drug-likeness (QED) is 0.792. The number of hydrogen-bond donors (Lipinski definition) is 2. The Hall–Kier alpha value is -2.28. The van der Waals surface area contributed by atoms with Crippen molar-refractivity contribution in [1.29, 1.82) is 0 Å². The Morgan fingerprint density at radius 3 is 2.54 bits per heavy atom. The molecule has 0 unspecified atom stereocenters. The minimum atomic E-state index is -1.61. The smallest absolute Gasteiger partial charge is 0.338 e. The number of ether oxygens (including phenoxy) is 2. The van der Waals surface area contributed by atoms with Crippen molar-refractivity contribution in [2.75, 3.05) is 13.2 Å². The molecule has 1 aromatic heterocycles. The number of hydrogen-bond acceptors (Lipinski definition) is 7. The summed E-state index contributed by atoms with van der Waals surface area (Å²) in [5, 5.41) is 21.0. The zero-order chi connectivity index (χ0) is 17.9. The third-order valence-corrected chi connectivity index (χ3v) is 4.04. The lowest BCUT2D eigenvalue weighted by Gasteiger charge is -2.40. The van der Waals surface area contributed by atoms with Crippen molar-refractivity contribution in [3.05, 3.63) is 35.5 Å². The van der Waals surface area contributed by atoms with E-state index >= 15 is 0 Å². The van der Waals surface area contributed by atoms with Gasteiger partial charge >= 0.3 is 11.9 Å². The van der Waals surface area contributed by atoms with Gasteiger partial charge in [0.25, 0.3) is 0 Å². The lowest BCUT2D eigenvalue weighted by molar-refractivity contribution is -0.161. The van der Waals surface area contributed by atoms with E-state index in [-0.39, 0.29) is 36.7 Å². The van der Waals surface area contributed by atoms with Crippen LogP contribution in [-0.2, 0) is 19.1 Å². The largest absolute Gasteiger partial charge is 0.512 e. The van der Waals surface area contributed by atoms with Crippen LogP contribution in [0.3, 0.4) is 0 Å². The molecule has 132 valence electrons. The molecular formula is C17H22O7. The Morgan fingerprint density at radius 2 is 2.00 bits per heavy atom. The third-order valence-electron chi connectivity index (χ3n) is 4.04. The summed E-state index contributed by atoms with van der Waals surface area (Å²) in [5.41, 5.74) is -1.69. The first-order chi connectivity index (χ1) is 11.3. The molecule has 2 rings (SSSR count). The zero-order valence-electron chi connectivity index (χ0n) is 13.9. The van der Waals surface area contributed by atoms with Crippen LogP contribution < -0.4 is 0 Å². The van der Waals surface area contributed by atoms with E-state index < -0.39 is 29.4 Å². The van der Waals surface area contributed by atoms with Gasteiger partial charge in [0.15, 0.2) is 0 Å². The van der Waals surface area contributed by atoms with Gasteiger partial charge in [0.1, 0.15) is 17.4 Å². The first-order valence-electron chi connectivity index (χ1n) is 7.85. The molecule has 7 nitrogen and oxygen atoms in total. The average molecular weight is 338 g/mol. The number of aliphatic hydroxyl groups excluding tert-OH is 1. The molecule has 24 heavy (non-hydrogen) atoms. The Kier molecular flexibility index (Phi) is 5.33. The molecule has 1 aromatic rings. The minimum absolute atomic E-state index is 0.0867. The fourth-order valence-electron chi connectivity index (χ4n) is 3.10. The Morgan fingerprint density at radius 1 is 1.33 bits per heavy atom. The van der Waals surface area contributed by atoms with E-state index in [0.717, 1.165) is 0 Å². The van der Waals surface area contributed by atoms with E-state index in [0.29, 0.717) is 0 Å². The number of rotatable bonds is 5. The normalized spacial score (nSPS) is 27.0. The SMILES string of the molecule is CCOC(=O)C1=C(O)C[C@@](C)(O)[C@H](C(=O)OCC)[C@@H]1c1ccco1. The number of carbonyl (C=O) groups excluding carboxylic acids is 2. The fourth-order valence-corrected chi connectivity index (χ4v) is 3.10. The van der Waals surface area contributed by atoms with Crippen LogP contribution in [0.25, 0.3) is 0 Å². The summed E-state index contributed by atoms with van der Waals surface area (Å²) >= 11 is 0. The highest BCUT2D eigenvalue weighted by Crippen LogP contribution is 2.47. The molecule has 0 radical (unpaired) electrons. The standard InChI is InChI=1S/C17H22O7/c1-4-22-15(19)12-10(18)9-17(3,21)14(16(20)23-5-2)13(12)11-7-6-8-24-11/h6-8,13-14,18,21H,4-5,9H2,1-3H3/t13-,14+,17-/m1/s1. The minimum Gasteiger partial charge on any atom is -0.512 e. The van der Waals surface area contributed by atoms with Gasteiger partial charge < -0.3 is 24.1 Å². The summed E-state index contributed by atoms with van der Waals surface area (Å²) in [6, 6.07) is 3.17. The van der Waals surface area contributed by atoms with Gasteiger partial charge in [0.2, 0.25) is 0 Å². The van der Waals surface area contributed by atoms with Gasteiger partial charge in [-0.3, -0.25) is 4.79 Å². The topological polar surface area (TPSA) is 106 Å². The second-order valence-electron chi connectivity index (χ2n) is 5.84. The van der Waals surface area contributed by atoms with Crippen LogP contribution in [-0.4, -0.2) is 41.0 Å². The predicted octanol–water partition coefficient (Wildman–Crippen LogP) is 2.07. The lowest BCUT2D eigenvalue weighted by Crippen LogP contribution is -2.49. The second kappa shape index (κ2) is 7.09. The lowest BCUT2D eigenvalue weighted by atomic mass is 9.68. The van der Waals surface area contributed by atoms with Gasteiger partial charge in [0, 0.05) is 6.42 Å². The van der Waals surface area contributed by atoms with Crippen molar-refractivity contribution in [2.45, 2.75) is 38.7 Å².